The molecular weight excluding hydrogens is 266 g/mol. The van der Waals surface area contributed by atoms with Gasteiger partial charge in [-0.3, -0.25) is 4.79 Å². The first-order valence-electron chi connectivity index (χ1n) is 6.55. The number of piperidine rings is 1. The zero-order valence-corrected chi connectivity index (χ0v) is 11.2. The van der Waals surface area contributed by atoms with E-state index < -0.39 is 0 Å². The molecule has 1 aromatic rings. The Hall–Kier alpha value is -1.26. The van der Waals surface area contributed by atoms with Crippen molar-refractivity contribution in [3.05, 3.63) is 28.8 Å². The fourth-order valence-electron chi connectivity index (χ4n) is 3.27. The number of benzene rings is 1. The van der Waals surface area contributed by atoms with Crippen molar-refractivity contribution in [3.63, 3.8) is 0 Å². The maximum absolute atomic E-state index is 12.5. The van der Waals surface area contributed by atoms with Crippen LogP contribution in [0, 0.1) is 0 Å². The van der Waals surface area contributed by atoms with Crippen molar-refractivity contribution in [2.24, 2.45) is 0 Å². The molecule has 2 aliphatic rings. The summed E-state index contributed by atoms with van der Waals surface area (Å²) in [6.45, 7) is 0. The van der Waals surface area contributed by atoms with E-state index in [1.807, 2.05) is 4.90 Å². The Morgan fingerprint density at radius 2 is 1.89 bits per heavy atom. The van der Waals surface area contributed by atoms with Crippen LogP contribution in [0.25, 0.3) is 0 Å². The maximum atomic E-state index is 12.5. The number of hydrogen-bond acceptors (Lipinski definition) is 3. The number of aliphatic hydroxyl groups is 1. The number of phenolic OH excluding ortho intramolecular Hbond substituents is 1. The molecule has 2 unspecified atom stereocenters. The highest BCUT2D eigenvalue weighted by molar-refractivity contribution is 6.32. The fourth-order valence-corrected chi connectivity index (χ4v) is 3.45. The molecule has 1 aromatic carbocycles. The summed E-state index contributed by atoms with van der Waals surface area (Å²) in [4.78, 5) is 14.4. The molecule has 19 heavy (non-hydrogen) atoms. The molecular formula is C14H16ClNO3. The lowest BCUT2D eigenvalue weighted by Gasteiger charge is -2.37. The molecule has 5 heteroatoms. The molecule has 2 saturated heterocycles. The van der Waals surface area contributed by atoms with Gasteiger partial charge in [-0.05, 0) is 43.9 Å². The molecule has 0 radical (unpaired) electrons. The summed E-state index contributed by atoms with van der Waals surface area (Å²) in [7, 11) is 0. The van der Waals surface area contributed by atoms with Gasteiger partial charge < -0.3 is 15.1 Å². The van der Waals surface area contributed by atoms with Crippen LogP contribution >= 0.6 is 11.6 Å². The van der Waals surface area contributed by atoms with Crippen molar-refractivity contribution in [2.75, 3.05) is 0 Å². The highest BCUT2D eigenvalue weighted by Gasteiger charge is 2.42. The first-order chi connectivity index (χ1) is 9.06. The summed E-state index contributed by atoms with van der Waals surface area (Å²) in [5, 5.41) is 19.3. The Morgan fingerprint density at radius 3 is 2.47 bits per heavy atom. The van der Waals surface area contributed by atoms with E-state index in [1.165, 1.54) is 12.1 Å². The number of hydrogen-bond donors (Lipinski definition) is 2. The van der Waals surface area contributed by atoms with E-state index in [2.05, 4.69) is 0 Å². The second-order valence-electron chi connectivity index (χ2n) is 5.39. The minimum Gasteiger partial charge on any atom is -0.506 e. The van der Waals surface area contributed by atoms with Gasteiger partial charge in [-0.2, -0.15) is 0 Å². The maximum Gasteiger partial charge on any atom is 0.254 e. The number of fused-ring (bicyclic) bond motifs is 2. The molecule has 2 fully saturated rings. The highest BCUT2D eigenvalue weighted by atomic mass is 35.5. The average molecular weight is 282 g/mol. The summed E-state index contributed by atoms with van der Waals surface area (Å²) in [6, 6.07) is 4.80. The van der Waals surface area contributed by atoms with Gasteiger partial charge in [0.1, 0.15) is 5.75 Å². The Labute approximate surface area is 116 Å². The molecule has 4 nitrogen and oxygen atoms in total. The molecule has 0 aliphatic carbocycles. The first kappa shape index (κ1) is 12.8. The smallest absolute Gasteiger partial charge is 0.254 e. The number of nitrogens with zero attached hydrogens (tertiary/aromatic N) is 1. The minimum absolute atomic E-state index is 0.0183. The Balaban J connectivity index is 1.86. The Bertz CT molecular complexity index is 505. The number of rotatable bonds is 1. The third-order valence-electron chi connectivity index (χ3n) is 4.14. The van der Waals surface area contributed by atoms with Crippen LogP contribution in [0.2, 0.25) is 5.02 Å². The second kappa shape index (κ2) is 4.69. The molecule has 0 spiro atoms. The normalized spacial score (nSPS) is 29.6. The topological polar surface area (TPSA) is 60.8 Å². The predicted molar refractivity (Wildman–Crippen MR) is 71.3 cm³/mol. The monoisotopic (exact) mass is 281 g/mol. The van der Waals surface area contributed by atoms with Crippen LogP contribution in [0.3, 0.4) is 0 Å². The van der Waals surface area contributed by atoms with Gasteiger partial charge in [-0.15, -0.1) is 0 Å². The Morgan fingerprint density at radius 1 is 1.26 bits per heavy atom. The van der Waals surface area contributed by atoms with Crippen LogP contribution in [0.15, 0.2) is 18.2 Å². The van der Waals surface area contributed by atoms with Gasteiger partial charge in [0.25, 0.3) is 5.91 Å². The summed E-state index contributed by atoms with van der Waals surface area (Å²) >= 11 is 5.85. The van der Waals surface area contributed by atoms with E-state index in [1.54, 1.807) is 6.07 Å². The molecule has 0 saturated carbocycles. The van der Waals surface area contributed by atoms with Gasteiger partial charge in [0.2, 0.25) is 0 Å². The molecule has 0 aromatic heterocycles. The largest absolute Gasteiger partial charge is 0.506 e. The minimum atomic E-state index is -0.287. The van der Waals surface area contributed by atoms with Gasteiger partial charge in [-0.25, -0.2) is 0 Å². The lowest BCUT2D eigenvalue weighted by atomic mass is 9.98. The van der Waals surface area contributed by atoms with E-state index in [4.69, 9.17) is 11.6 Å². The summed E-state index contributed by atoms with van der Waals surface area (Å²) < 4.78 is 0. The third-order valence-corrected chi connectivity index (χ3v) is 4.44. The van der Waals surface area contributed by atoms with Crippen molar-refractivity contribution < 1.29 is 15.0 Å². The van der Waals surface area contributed by atoms with Crippen LogP contribution in [-0.2, 0) is 0 Å². The van der Waals surface area contributed by atoms with Crippen molar-refractivity contribution in [1.29, 1.82) is 0 Å². The summed E-state index contributed by atoms with van der Waals surface area (Å²) in [5.74, 6) is -0.0726. The zero-order valence-electron chi connectivity index (χ0n) is 10.4. The van der Waals surface area contributed by atoms with Crippen LogP contribution in [0.5, 0.6) is 5.75 Å². The molecule has 3 rings (SSSR count). The third kappa shape index (κ3) is 2.19. The quantitative estimate of drug-likeness (QED) is 0.829. The Kier molecular flexibility index (Phi) is 3.15. The zero-order chi connectivity index (χ0) is 13.6. The molecule has 2 N–H and O–H groups in total. The number of carbonyl (C=O) groups is 1. The number of amides is 1. The molecule has 2 aliphatic heterocycles. The lowest BCUT2D eigenvalue weighted by molar-refractivity contribution is 0.0287. The van der Waals surface area contributed by atoms with E-state index in [0.717, 1.165) is 12.8 Å². The predicted octanol–water partition coefficient (Wildman–Crippen LogP) is 2.17. The molecule has 102 valence electrons. The summed E-state index contributed by atoms with van der Waals surface area (Å²) in [5.41, 5.74) is 0.496. The molecule has 2 heterocycles. The number of aromatic hydroxyl groups is 1. The number of halogens is 1. The number of aliphatic hydroxyl groups excluding tert-OH is 1. The van der Waals surface area contributed by atoms with E-state index >= 15 is 0 Å². The van der Waals surface area contributed by atoms with Crippen LogP contribution in [0.1, 0.15) is 36.0 Å². The first-order valence-corrected chi connectivity index (χ1v) is 6.93. The number of phenols is 1. The molecule has 2 atom stereocenters. The van der Waals surface area contributed by atoms with Gasteiger partial charge in [0.15, 0.2) is 0 Å². The van der Waals surface area contributed by atoms with Gasteiger partial charge >= 0.3 is 0 Å². The highest BCUT2D eigenvalue weighted by Crippen LogP contribution is 2.37. The standard InChI is InChI=1S/C14H16ClNO3/c15-12-5-8(1-4-13(12)18)14(19)16-9-2-3-10(16)7-11(17)6-9/h1,4-5,9-11,17-18H,2-3,6-7H2. The van der Waals surface area contributed by atoms with E-state index in [-0.39, 0.29) is 34.9 Å². The van der Waals surface area contributed by atoms with Crippen LogP contribution < -0.4 is 0 Å². The van der Waals surface area contributed by atoms with Crippen molar-refractivity contribution in [3.8, 4) is 5.75 Å². The second-order valence-corrected chi connectivity index (χ2v) is 5.80. The molecule has 2 bridgehead atoms. The lowest BCUT2D eigenvalue weighted by Crippen LogP contribution is -2.48. The van der Waals surface area contributed by atoms with Gasteiger partial charge in [0.05, 0.1) is 11.1 Å². The van der Waals surface area contributed by atoms with Crippen molar-refractivity contribution in [2.45, 2.75) is 43.9 Å². The van der Waals surface area contributed by atoms with E-state index in [0.29, 0.717) is 18.4 Å². The number of carbonyl (C=O) groups excluding carboxylic acids is 1. The average Bonchev–Trinajstić information content (AvgIpc) is 2.64. The summed E-state index contributed by atoms with van der Waals surface area (Å²) in [6.07, 6.45) is 2.95. The van der Waals surface area contributed by atoms with E-state index in [9.17, 15) is 15.0 Å². The van der Waals surface area contributed by atoms with Crippen molar-refractivity contribution >= 4 is 17.5 Å². The fraction of sp³-hybridized carbons (Fsp3) is 0.500. The van der Waals surface area contributed by atoms with Crippen LogP contribution in [0.4, 0.5) is 0 Å². The SMILES string of the molecule is O=C(c1ccc(O)c(Cl)c1)N1C2CCC1CC(O)C2. The van der Waals surface area contributed by atoms with Crippen molar-refractivity contribution in [1.82, 2.24) is 4.90 Å². The van der Waals surface area contributed by atoms with Gasteiger partial charge in [0, 0.05) is 17.6 Å². The van der Waals surface area contributed by atoms with Gasteiger partial charge in [-0.1, -0.05) is 11.6 Å². The van der Waals surface area contributed by atoms with Crippen LogP contribution in [-0.4, -0.2) is 39.2 Å². The molecule has 1 amide bonds.